The van der Waals surface area contributed by atoms with E-state index < -0.39 is 47.6 Å². The van der Waals surface area contributed by atoms with Gasteiger partial charge in [-0.05, 0) is 18.2 Å². The number of hydrogen-bond acceptors (Lipinski definition) is 10. The van der Waals surface area contributed by atoms with Crippen molar-refractivity contribution in [2.75, 3.05) is 5.75 Å². The van der Waals surface area contributed by atoms with Gasteiger partial charge in [0.15, 0.2) is 34.7 Å². The molecule has 3 rings (SSSR count). The normalized spacial score (nSPS) is 22.2. The molecule has 0 aliphatic carbocycles. The lowest BCUT2D eigenvalue weighted by molar-refractivity contribution is -0.186. The number of thioether (sulfide) groups is 1. The molecule has 0 amide bonds. The van der Waals surface area contributed by atoms with Crippen molar-refractivity contribution in [2.24, 2.45) is 0 Å². The molecule has 1 aliphatic rings. The van der Waals surface area contributed by atoms with E-state index in [4.69, 9.17) is 30.5 Å². The summed E-state index contributed by atoms with van der Waals surface area (Å²) >= 11 is 7.48. The highest BCUT2D eigenvalue weighted by Crippen LogP contribution is 2.36. The van der Waals surface area contributed by atoms with Crippen LogP contribution in [0.1, 0.15) is 20.8 Å². The number of hydrogen-bond donors (Lipinski definition) is 0. The summed E-state index contributed by atoms with van der Waals surface area (Å²) in [5.74, 6) is -2.15. The number of carbonyl (C=O) groups excluding carboxylic acids is 3. The largest absolute Gasteiger partial charge is 0.472 e. The molecule has 0 aromatic carbocycles. The third kappa shape index (κ3) is 6.55. The summed E-state index contributed by atoms with van der Waals surface area (Å²) in [6.07, 6.45) is -1.73. The van der Waals surface area contributed by atoms with Gasteiger partial charge in [0.1, 0.15) is 0 Å². The zero-order chi connectivity index (χ0) is 24.1. The highest BCUT2D eigenvalue weighted by molar-refractivity contribution is 7.99. The van der Waals surface area contributed by atoms with Gasteiger partial charge in [-0.2, -0.15) is 4.39 Å². The molecule has 4 atom stereocenters. The van der Waals surface area contributed by atoms with Crippen molar-refractivity contribution in [1.29, 1.82) is 0 Å². The summed E-state index contributed by atoms with van der Waals surface area (Å²) in [5.41, 5.74) is 0.0164. The Kier molecular flexibility index (Phi) is 8.09. The molecule has 0 radical (unpaired) electrons. The van der Waals surface area contributed by atoms with E-state index >= 15 is 0 Å². The quantitative estimate of drug-likeness (QED) is 0.334. The number of rotatable bonds is 6. The van der Waals surface area contributed by atoms with Crippen LogP contribution >= 0.6 is 23.4 Å². The Balaban J connectivity index is 1.86. The minimum atomic E-state index is -1.10. The van der Waals surface area contributed by atoms with Crippen LogP contribution in [-0.2, 0) is 28.6 Å². The van der Waals surface area contributed by atoms with E-state index in [1.807, 2.05) is 0 Å². The van der Waals surface area contributed by atoms with E-state index in [1.165, 1.54) is 50.9 Å². The molecule has 0 spiro atoms. The molecule has 0 saturated carbocycles. The Morgan fingerprint density at radius 2 is 1.70 bits per heavy atom. The minimum absolute atomic E-state index is 0.0157. The van der Waals surface area contributed by atoms with Gasteiger partial charge in [0, 0.05) is 44.4 Å². The number of pyridine rings is 2. The van der Waals surface area contributed by atoms with Crippen LogP contribution in [0.5, 0.6) is 5.75 Å². The van der Waals surface area contributed by atoms with E-state index in [2.05, 4.69) is 9.97 Å². The van der Waals surface area contributed by atoms with Gasteiger partial charge in [0.2, 0.25) is 5.95 Å². The second-order valence-corrected chi connectivity index (χ2v) is 8.46. The zero-order valence-electron chi connectivity index (χ0n) is 17.8. The fourth-order valence-electron chi connectivity index (χ4n) is 3.17. The van der Waals surface area contributed by atoms with Crippen LogP contribution in [0.3, 0.4) is 0 Å². The standard InChI is InChI=1S/C21H20ClFN2O7S/c1-10(26)29-16-9-33-21(19(31-12(3)28)18(16)30-11(2)27)32-15-5-4-14(25-20(15)22)13-6-7-24-17(23)8-13/h4-8,16,18-19,21H,9H2,1-3H3/t16-,18+,19-,21-/m1/s1. The van der Waals surface area contributed by atoms with Crippen molar-refractivity contribution in [3.8, 4) is 17.0 Å². The summed E-state index contributed by atoms with van der Waals surface area (Å²) in [6.45, 7) is 3.61. The van der Waals surface area contributed by atoms with E-state index in [0.29, 0.717) is 11.3 Å². The maximum atomic E-state index is 13.4. The smallest absolute Gasteiger partial charge is 0.303 e. The summed E-state index contributed by atoms with van der Waals surface area (Å²) in [6, 6.07) is 5.91. The van der Waals surface area contributed by atoms with Crippen LogP contribution in [0.2, 0.25) is 5.15 Å². The van der Waals surface area contributed by atoms with Gasteiger partial charge in [-0.1, -0.05) is 11.6 Å². The molecule has 0 bridgehead atoms. The van der Waals surface area contributed by atoms with Crippen LogP contribution in [0.4, 0.5) is 4.39 Å². The highest BCUT2D eigenvalue weighted by atomic mass is 35.5. The van der Waals surface area contributed by atoms with Gasteiger partial charge in [-0.15, -0.1) is 11.8 Å². The molecule has 1 fully saturated rings. The Morgan fingerprint density at radius 1 is 1.03 bits per heavy atom. The van der Waals surface area contributed by atoms with Gasteiger partial charge < -0.3 is 18.9 Å². The van der Waals surface area contributed by atoms with Crippen molar-refractivity contribution in [3.63, 3.8) is 0 Å². The van der Waals surface area contributed by atoms with Gasteiger partial charge in [-0.3, -0.25) is 14.4 Å². The van der Waals surface area contributed by atoms with Crippen LogP contribution in [0.25, 0.3) is 11.3 Å². The summed E-state index contributed by atoms with van der Waals surface area (Å²) < 4.78 is 35.3. The van der Waals surface area contributed by atoms with Gasteiger partial charge in [0.05, 0.1) is 5.69 Å². The van der Waals surface area contributed by atoms with E-state index in [1.54, 1.807) is 12.1 Å². The van der Waals surface area contributed by atoms with Crippen molar-refractivity contribution in [1.82, 2.24) is 9.97 Å². The molecule has 1 saturated heterocycles. The molecule has 12 heteroatoms. The topological polar surface area (TPSA) is 114 Å². The minimum Gasteiger partial charge on any atom is -0.472 e. The highest BCUT2D eigenvalue weighted by Gasteiger charge is 2.47. The number of esters is 3. The lowest BCUT2D eigenvalue weighted by Crippen LogP contribution is -2.55. The van der Waals surface area contributed by atoms with Crippen molar-refractivity contribution in [2.45, 2.75) is 44.5 Å². The molecule has 2 aromatic heterocycles. The summed E-state index contributed by atoms with van der Waals surface area (Å²) in [4.78, 5) is 42.7. The van der Waals surface area contributed by atoms with Crippen molar-refractivity contribution in [3.05, 3.63) is 41.6 Å². The average Bonchev–Trinajstić information content (AvgIpc) is 2.72. The number of aromatic nitrogens is 2. The van der Waals surface area contributed by atoms with Gasteiger partial charge in [-0.25, -0.2) is 9.97 Å². The van der Waals surface area contributed by atoms with E-state index in [-0.39, 0.29) is 16.7 Å². The van der Waals surface area contributed by atoms with Gasteiger partial charge in [0.25, 0.3) is 0 Å². The van der Waals surface area contributed by atoms with Crippen LogP contribution in [0, 0.1) is 5.95 Å². The second-order valence-electron chi connectivity index (χ2n) is 6.97. The Hall–Kier alpha value is -2.92. The van der Waals surface area contributed by atoms with Crippen molar-refractivity contribution < 1.29 is 37.7 Å². The fourth-order valence-corrected chi connectivity index (χ4v) is 4.57. The zero-order valence-corrected chi connectivity index (χ0v) is 19.4. The molecule has 9 nitrogen and oxygen atoms in total. The van der Waals surface area contributed by atoms with Crippen LogP contribution in [-0.4, -0.2) is 57.4 Å². The first-order valence-electron chi connectivity index (χ1n) is 9.72. The van der Waals surface area contributed by atoms with Crippen LogP contribution < -0.4 is 4.74 Å². The van der Waals surface area contributed by atoms with Crippen molar-refractivity contribution >= 4 is 41.3 Å². The average molecular weight is 499 g/mol. The maximum Gasteiger partial charge on any atom is 0.303 e. The summed E-state index contributed by atoms with van der Waals surface area (Å²) in [7, 11) is 0. The first kappa shape index (κ1) is 24.7. The first-order chi connectivity index (χ1) is 15.6. The predicted octanol–water partition coefficient (Wildman–Crippen LogP) is 3.18. The molecule has 1 aliphatic heterocycles. The molecule has 176 valence electrons. The Morgan fingerprint density at radius 3 is 2.30 bits per heavy atom. The third-order valence-corrected chi connectivity index (χ3v) is 5.87. The Bertz CT molecular complexity index is 1060. The monoisotopic (exact) mass is 498 g/mol. The number of halogens is 2. The second kappa shape index (κ2) is 10.8. The third-order valence-electron chi connectivity index (χ3n) is 4.38. The SMILES string of the molecule is CC(=O)O[C@@H]1[C@@H](OC(C)=O)[C@H](OC(C)=O)CS[C@H]1Oc1ccc(-c2ccnc(F)c2)nc1Cl. The van der Waals surface area contributed by atoms with E-state index in [0.717, 1.165) is 0 Å². The number of ether oxygens (including phenoxy) is 4. The molecule has 3 heterocycles. The molecular formula is C21H20ClFN2O7S. The Labute approximate surface area is 197 Å². The molecular weight excluding hydrogens is 479 g/mol. The summed E-state index contributed by atoms with van der Waals surface area (Å²) in [5, 5.41) is -0.0157. The lowest BCUT2D eigenvalue weighted by Gasteiger charge is -2.39. The van der Waals surface area contributed by atoms with Gasteiger partial charge >= 0.3 is 17.9 Å². The maximum absolute atomic E-state index is 13.4. The van der Waals surface area contributed by atoms with E-state index in [9.17, 15) is 18.8 Å². The predicted molar refractivity (Wildman–Crippen MR) is 116 cm³/mol. The molecule has 0 N–H and O–H groups in total. The first-order valence-corrected chi connectivity index (χ1v) is 11.1. The van der Waals surface area contributed by atoms with Crippen LogP contribution in [0.15, 0.2) is 30.5 Å². The molecule has 0 unspecified atom stereocenters. The fraction of sp³-hybridized carbons (Fsp3) is 0.381. The number of nitrogens with zero attached hydrogens (tertiary/aromatic N) is 2. The lowest BCUT2D eigenvalue weighted by atomic mass is 10.1. The molecule has 33 heavy (non-hydrogen) atoms. The number of carbonyl (C=O) groups is 3. The molecule has 2 aromatic rings.